The van der Waals surface area contributed by atoms with Gasteiger partial charge in [-0.25, -0.2) is 4.79 Å². The van der Waals surface area contributed by atoms with Crippen molar-refractivity contribution in [2.75, 3.05) is 13.2 Å². The molecule has 0 aliphatic rings. The Balaban J connectivity index is 3.39. The summed E-state index contributed by atoms with van der Waals surface area (Å²) in [6.07, 6.45) is 11.6. The second-order valence-electron chi connectivity index (χ2n) is 5.24. The number of hydrogen-bond donors (Lipinski definition) is 0. The number of unbranched alkanes of at least 4 members (excludes halogenated alkanes) is 8. The van der Waals surface area contributed by atoms with Crippen molar-refractivity contribution in [3.63, 3.8) is 0 Å². The maximum Gasteiger partial charge on any atom is 0.372 e. The predicted octanol–water partition coefficient (Wildman–Crippen LogP) is 5.00. The van der Waals surface area contributed by atoms with Gasteiger partial charge in [0.25, 0.3) is 0 Å². The molecule has 0 saturated heterocycles. The highest BCUT2D eigenvalue weighted by Gasteiger charge is 2.09. The lowest BCUT2D eigenvalue weighted by Gasteiger charge is -2.09. The van der Waals surface area contributed by atoms with E-state index in [2.05, 4.69) is 20.4 Å². The van der Waals surface area contributed by atoms with Gasteiger partial charge in [0.15, 0.2) is 5.76 Å². The molecule has 20 heavy (non-hydrogen) atoms. The van der Waals surface area contributed by atoms with Gasteiger partial charge in [-0.3, -0.25) is 0 Å². The molecular formula is C17H32O3. The summed E-state index contributed by atoms with van der Waals surface area (Å²) in [7, 11) is 0. The molecule has 0 saturated carbocycles. The van der Waals surface area contributed by atoms with Gasteiger partial charge in [-0.15, -0.1) is 0 Å². The molecule has 118 valence electrons. The van der Waals surface area contributed by atoms with Crippen molar-refractivity contribution in [2.45, 2.75) is 78.1 Å². The van der Waals surface area contributed by atoms with E-state index in [1.807, 2.05) is 0 Å². The van der Waals surface area contributed by atoms with Gasteiger partial charge in [0.2, 0.25) is 0 Å². The van der Waals surface area contributed by atoms with E-state index < -0.39 is 5.97 Å². The van der Waals surface area contributed by atoms with Crippen LogP contribution in [0.15, 0.2) is 12.3 Å². The lowest BCUT2D eigenvalue weighted by molar-refractivity contribution is -0.143. The van der Waals surface area contributed by atoms with E-state index in [1.54, 1.807) is 0 Å². The molecule has 0 unspecified atom stereocenters. The van der Waals surface area contributed by atoms with Crippen LogP contribution in [0.3, 0.4) is 0 Å². The molecule has 0 aromatic carbocycles. The lowest BCUT2D eigenvalue weighted by Crippen LogP contribution is -2.11. The molecule has 0 aromatic heterocycles. The summed E-state index contributed by atoms with van der Waals surface area (Å²) in [5.74, 6) is -0.262. The zero-order valence-corrected chi connectivity index (χ0v) is 13.4. The van der Waals surface area contributed by atoms with Crippen LogP contribution in [0.5, 0.6) is 0 Å². The molecule has 0 aliphatic carbocycles. The molecule has 0 amide bonds. The smallest absolute Gasteiger partial charge is 0.372 e. The molecule has 0 heterocycles. The molecule has 0 aliphatic heterocycles. The number of ether oxygens (including phenoxy) is 2. The maximum absolute atomic E-state index is 11.6. The van der Waals surface area contributed by atoms with Crippen molar-refractivity contribution >= 4 is 5.97 Å². The Bertz CT molecular complexity index is 249. The Morgan fingerprint density at radius 2 is 1.20 bits per heavy atom. The highest BCUT2D eigenvalue weighted by Crippen LogP contribution is 2.07. The first-order chi connectivity index (χ1) is 9.72. The minimum Gasteiger partial charge on any atom is -0.487 e. The molecule has 3 nitrogen and oxygen atoms in total. The Hall–Kier alpha value is -0.990. The second-order valence-corrected chi connectivity index (χ2v) is 5.24. The molecule has 0 rings (SSSR count). The van der Waals surface area contributed by atoms with Crippen molar-refractivity contribution in [3.8, 4) is 0 Å². The van der Waals surface area contributed by atoms with Crippen LogP contribution in [0, 0.1) is 0 Å². The fourth-order valence-corrected chi connectivity index (χ4v) is 1.91. The van der Waals surface area contributed by atoms with Crippen molar-refractivity contribution in [1.29, 1.82) is 0 Å². The molecule has 3 heteroatoms. The van der Waals surface area contributed by atoms with Crippen LogP contribution in [0.2, 0.25) is 0 Å². The zero-order chi connectivity index (χ0) is 15.1. The normalized spacial score (nSPS) is 10.3. The Kier molecular flexibility index (Phi) is 13.7. The summed E-state index contributed by atoms with van der Waals surface area (Å²) in [5, 5.41) is 0. The highest BCUT2D eigenvalue weighted by molar-refractivity contribution is 5.85. The predicted molar refractivity (Wildman–Crippen MR) is 83.6 cm³/mol. The summed E-state index contributed by atoms with van der Waals surface area (Å²) < 4.78 is 10.4. The number of carbonyl (C=O) groups excluding carboxylic acids is 1. The fraction of sp³-hybridized carbons (Fsp3) is 0.824. The standard InChI is InChI=1S/C17H32O3/c1-4-6-8-10-11-13-15-20-17(18)16(3)19-14-12-9-7-5-2/h3-15H2,1-2H3. The number of carbonyl (C=O) groups is 1. The van der Waals surface area contributed by atoms with Crippen LogP contribution >= 0.6 is 0 Å². The molecule has 0 fully saturated rings. The molecule has 0 atom stereocenters. The van der Waals surface area contributed by atoms with Crippen LogP contribution in [0.1, 0.15) is 78.1 Å². The number of hydrogen-bond acceptors (Lipinski definition) is 3. The summed E-state index contributed by atoms with van der Waals surface area (Å²) in [6, 6.07) is 0. The molecule has 0 radical (unpaired) electrons. The molecule has 0 bridgehead atoms. The van der Waals surface area contributed by atoms with E-state index >= 15 is 0 Å². The third-order valence-corrected chi connectivity index (χ3v) is 3.23. The van der Waals surface area contributed by atoms with Crippen molar-refractivity contribution in [3.05, 3.63) is 12.3 Å². The lowest BCUT2D eigenvalue weighted by atomic mass is 10.1. The molecule has 0 N–H and O–H groups in total. The van der Waals surface area contributed by atoms with E-state index in [9.17, 15) is 4.79 Å². The fourth-order valence-electron chi connectivity index (χ4n) is 1.91. The number of rotatable bonds is 14. The first-order valence-corrected chi connectivity index (χ1v) is 8.21. The molecule has 0 spiro atoms. The maximum atomic E-state index is 11.6. The molecular weight excluding hydrogens is 252 g/mol. The van der Waals surface area contributed by atoms with Crippen molar-refractivity contribution in [2.24, 2.45) is 0 Å². The van der Waals surface area contributed by atoms with E-state index in [0.717, 1.165) is 25.7 Å². The quantitative estimate of drug-likeness (QED) is 0.195. The van der Waals surface area contributed by atoms with E-state index in [1.165, 1.54) is 38.5 Å². The Morgan fingerprint density at radius 1 is 0.750 bits per heavy atom. The summed E-state index contributed by atoms with van der Waals surface area (Å²) in [6.45, 7) is 9.02. The average molecular weight is 284 g/mol. The summed E-state index contributed by atoms with van der Waals surface area (Å²) in [5.41, 5.74) is 0. The monoisotopic (exact) mass is 284 g/mol. The van der Waals surface area contributed by atoms with Crippen LogP contribution < -0.4 is 0 Å². The van der Waals surface area contributed by atoms with Gasteiger partial charge in [-0.1, -0.05) is 65.2 Å². The number of esters is 1. The summed E-state index contributed by atoms with van der Waals surface area (Å²) in [4.78, 5) is 11.6. The zero-order valence-electron chi connectivity index (χ0n) is 13.4. The average Bonchev–Trinajstić information content (AvgIpc) is 2.45. The van der Waals surface area contributed by atoms with E-state index in [-0.39, 0.29) is 5.76 Å². The van der Waals surface area contributed by atoms with Crippen molar-refractivity contribution in [1.82, 2.24) is 0 Å². The van der Waals surface area contributed by atoms with Gasteiger partial charge < -0.3 is 9.47 Å². The van der Waals surface area contributed by atoms with Crippen molar-refractivity contribution < 1.29 is 14.3 Å². The van der Waals surface area contributed by atoms with Gasteiger partial charge in [0.1, 0.15) is 0 Å². The highest BCUT2D eigenvalue weighted by atomic mass is 16.6. The largest absolute Gasteiger partial charge is 0.487 e. The first-order valence-electron chi connectivity index (χ1n) is 8.21. The minimum absolute atomic E-state index is 0.146. The van der Waals surface area contributed by atoms with Crippen LogP contribution in [0.25, 0.3) is 0 Å². The summed E-state index contributed by atoms with van der Waals surface area (Å²) >= 11 is 0. The van der Waals surface area contributed by atoms with Gasteiger partial charge in [-0.2, -0.15) is 0 Å². The first kappa shape index (κ1) is 19.0. The third-order valence-electron chi connectivity index (χ3n) is 3.23. The van der Waals surface area contributed by atoms with Crippen LogP contribution in [-0.2, 0) is 14.3 Å². The molecule has 0 aromatic rings. The van der Waals surface area contributed by atoms with Gasteiger partial charge in [0, 0.05) is 0 Å². The van der Waals surface area contributed by atoms with Gasteiger partial charge in [-0.05, 0) is 19.4 Å². The van der Waals surface area contributed by atoms with Crippen LogP contribution in [-0.4, -0.2) is 19.2 Å². The topological polar surface area (TPSA) is 35.5 Å². The van der Waals surface area contributed by atoms with Crippen LogP contribution in [0.4, 0.5) is 0 Å². The SMILES string of the molecule is C=C(OCCCCCC)C(=O)OCCCCCCCC. The van der Waals surface area contributed by atoms with Gasteiger partial charge >= 0.3 is 5.97 Å². The van der Waals surface area contributed by atoms with Gasteiger partial charge in [0.05, 0.1) is 13.2 Å². The third kappa shape index (κ3) is 12.1. The van der Waals surface area contributed by atoms with E-state index in [0.29, 0.717) is 13.2 Å². The Labute approximate surface area is 124 Å². The second kappa shape index (κ2) is 14.4. The minimum atomic E-state index is -0.408. The Morgan fingerprint density at radius 3 is 1.80 bits per heavy atom. The van der Waals surface area contributed by atoms with E-state index in [4.69, 9.17) is 9.47 Å².